The molecule has 0 aliphatic heterocycles. The summed E-state index contributed by atoms with van der Waals surface area (Å²) >= 11 is 0. The topological polar surface area (TPSA) is 56.1 Å². The molecule has 0 saturated heterocycles. The van der Waals surface area contributed by atoms with E-state index in [2.05, 4.69) is 23.2 Å². The van der Waals surface area contributed by atoms with Gasteiger partial charge in [0.1, 0.15) is 5.41 Å². The second-order valence-electron chi connectivity index (χ2n) is 4.91. The maximum atomic E-state index is 11.8. The fourth-order valence-corrected chi connectivity index (χ4v) is 1.84. The molecule has 0 bridgehead atoms. The van der Waals surface area contributed by atoms with Crippen LogP contribution in [0.1, 0.15) is 40.0 Å². The smallest absolute Gasteiger partial charge is 0.240 e. The highest BCUT2D eigenvalue weighted by molar-refractivity contribution is 5.84. The van der Waals surface area contributed by atoms with E-state index in [0.29, 0.717) is 13.0 Å². The van der Waals surface area contributed by atoms with Gasteiger partial charge in [0.2, 0.25) is 5.91 Å². The van der Waals surface area contributed by atoms with Crippen molar-refractivity contribution in [2.75, 3.05) is 19.6 Å². The molecular formula is C13H23N3O. The van der Waals surface area contributed by atoms with Gasteiger partial charge in [0, 0.05) is 19.1 Å². The van der Waals surface area contributed by atoms with Gasteiger partial charge in [-0.15, -0.1) is 0 Å². The minimum absolute atomic E-state index is 0.144. The quantitative estimate of drug-likeness (QED) is 0.730. The molecule has 4 heteroatoms. The van der Waals surface area contributed by atoms with E-state index in [0.717, 1.165) is 19.1 Å². The van der Waals surface area contributed by atoms with Crippen LogP contribution in [0.5, 0.6) is 0 Å². The van der Waals surface area contributed by atoms with Crippen LogP contribution in [-0.4, -0.2) is 36.5 Å². The van der Waals surface area contributed by atoms with E-state index < -0.39 is 5.41 Å². The van der Waals surface area contributed by atoms with Crippen LogP contribution in [0.15, 0.2) is 0 Å². The molecule has 4 nitrogen and oxygen atoms in total. The lowest BCUT2D eigenvalue weighted by atomic mass is 9.88. The summed E-state index contributed by atoms with van der Waals surface area (Å²) < 4.78 is 0. The van der Waals surface area contributed by atoms with Crippen LogP contribution in [0.3, 0.4) is 0 Å². The Morgan fingerprint density at radius 1 is 1.53 bits per heavy atom. The third-order valence-corrected chi connectivity index (χ3v) is 3.61. The van der Waals surface area contributed by atoms with Crippen LogP contribution >= 0.6 is 0 Å². The van der Waals surface area contributed by atoms with Crippen molar-refractivity contribution >= 4 is 5.91 Å². The second-order valence-corrected chi connectivity index (χ2v) is 4.91. The molecule has 0 aromatic heterocycles. The largest absolute Gasteiger partial charge is 0.353 e. The predicted octanol–water partition coefficient (Wildman–Crippen LogP) is 1.53. The first-order valence-corrected chi connectivity index (χ1v) is 6.51. The van der Waals surface area contributed by atoms with Crippen molar-refractivity contribution in [3.63, 3.8) is 0 Å². The Labute approximate surface area is 104 Å². The first-order chi connectivity index (χ1) is 8.07. The van der Waals surface area contributed by atoms with Gasteiger partial charge in [-0.1, -0.05) is 13.8 Å². The Morgan fingerprint density at radius 2 is 2.18 bits per heavy atom. The molecule has 0 heterocycles. The van der Waals surface area contributed by atoms with Crippen molar-refractivity contribution in [1.82, 2.24) is 10.2 Å². The molecule has 0 aromatic carbocycles. The van der Waals surface area contributed by atoms with Crippen molar-refractivity contribution in [2.24, 2.45) is 5.41 Å². The molecule has 96 valence electrons. The van der Waals surface area contributed by atoms with Crippen molar-refractivity contribution < 1.29 is 4.79 Å². The van der Waals surface area contributed by atoms with E-state index in [1.54, 1.807) is 6.92 Å². The number of nitrogens with one attached hydrogen (secondary N) is 1. The van der Waals surface area contributed by atoms with E-state index >= 15 is 0 Å². The normalized spacial score (nSPS) is 18.5. The van der Waals surface area contributed by atoms with Gasteiger partial charge < -0.3 is 5.32 Å². The van der Waals surface area contributed by atoms with E-state index in [1.807, 2.05) is 6.92 Å². The fourth-order valence-electron chi connectivity index (χ4n) is 1.84. The molecule has 1 fully saturated rings. The van der Waals surface area contributed by atoms with Crippen molar-refractivity contribution in [3.05, 3.63) is 0 Å². The summed E-state index contributed by atoms with van der Waals surface area (Å²) in [7, 11) is 0. The van der Waals surface area contributed by atoms with Gasteiger partial charge in [-0.2, -0.15) is 5.26 Å². The molecule has 1 N–H and O–H groups in total. The monoisotopic (exact) mass is 237 g/mol. The molecule has 1 aliphatic carbocycles. The molecule has 0 radical (unpaired) electrons. The number of nitrogens with zero attached hydrogens (tertiary/aromatic N) is 2. The number of hydrogen-bond acceptors (Lipinski definition) is 3. The standard InChI is InChI=1S/C13H23N3O/c1-4-13(3,10-14)12(17)15-8-9-16(5-2)11-6-7-11/h11H,4-9H2,1-3H3,(H,15,17). The van der Waals surface area contributed by atoms with Gasteiger partial charge in [-0.05, 0) is 32.7 Å². The van der Waals surface area contributed by atoms with Crippen LogP contribution in [0.4, 0.5) is 0 Å². The van der Waals surface area contributed by atoms with E-state index in [-0.39, 0.29) is 5.91 Å². The van der Waals surface area contributed by atoms with Crippen LogP contribution in [0, 0.1) is 16.7 Å². The van der Waals surface area contributed by atoms with Crippen molar-refractivity contribution in [1.29, 1.82) is 5.26 Å². The number of hydrogen-bond donors (Lipinski definition) is 1. The van der Waals surface area contributed by atoms with Crippen LogP contribution in [-0.2, 0) is 4.79 Å². The Morgan fingerprint density at radius 3 is 2.59 bits per heavy atom. The lowest BCUT2D eigenvalue weighted by Gasteiger charge is -2.22. The van der Waals surface area contributed by atoms with Gasteiger partial charge in [0.05, 0.1) is 6.07 Å². The highest BCUT2D eigenvalue weighted by Gasteiger charge is 2.31. The van der Waals surface area contributed by atoms with Gasteiger partial charge in [-0.3, -0.25) is 9.69 Å². The average molecular weight is 237 g/mol. The summed E-state index contributed by atoms with van der Waals surface area (Å²) in [6, 6.07) is 2.82. The summed E-state index contributed by atoms with van der Waals surface area (Å²) in [6.07, 6.45) is 3.12. The van der Waals surface area contributed by atoms with Gasteiger partial charge in [0.25, 0.3) is 0 Å². The third kappa shape index (κ3) is 3.71. The van der Waals surface area contributed by atoms with E-state index in [9.17, 15) is 4.79 Å². The molecule has 17 heavy (non-hydrogen) atoms. The highest BCUT2D eigenvalue weighted by atomic mass is 16.2. The summed E-state index contributed by atoms with van der Waals surface area (Å²) in [6.45, 7) is 8.26. The van der Waals surface area contributed by atoms with Gasteiger partial charge >= 0.3 is 0 Å². The zero-order chi connectivity index (χ0) is 12.9. The van der Waals surface area contributed by atoms with Gasteiger partial charge in [0.15, 0.2) is 0 Å². The molecule has 1 rings (SSSR count). The predicted molar refractivity (Wildman–Crippen MR) is 67.3 cm³/mol. The molecule has 1 aliphatic rings. The number of carbonyl (C=O) groups is 1. The minimum atomic E-state index is -0.878. The summed E-state index contributed by atoms with van der Waals surface area (Å²) in [5.41, 5.74) is -0.878. The molecule has 1 saturated carbocycles. The van der Waals surface area contributed by atoms with Crippen LogP contribution in [0.2, 0.25) is 0 Å². The van der Waals surface area contributed by atoms with Crippen LogP contribution < -0.4 is 5.32 Å². The molecule has 0 aromatic rings. The second kappa shape index (κ2) is 6.02. The Bertz CT molecular complexity index is 306. The number of amides is 1. The number of likely N-dealkylation sites (N-methyl/N-ethyl adjacent to an activating group) is 1. The average Bonchev–Trinajstić information content (AvgIpc) is 3.17. The van der Waals surface area contributed by atoms with Crippen molar-refractivity contribution in [3.8, 4) is 6.07 Å². The first kappa shape index (κ1) is 14.0. The van der Waals surface area contributed by atoms with E-state index in [4.69, 9.17) is 5.26 Å². The number of carbonyl (C=O) groups excluding carboxylic acids is 1. The van der Waals surface area contributed by atoms with Gasteiger partial charge in [-0.25, -0.2) is 0 Å². The fraction of sp³-hybridized carbons (Fsp3) is 0.846. The van der Waals surface area contributed by atoms with Crippen molar-refractivity contribution in [2.45, 2.75) is 46.1 Å². The Balaban J connectivity index is 2.30. The highest BCUT2D eigenvalue weighted by Crippen LogP contribution is 2.26. The summed E-state index contributed by atoms with van der Waals surface area (Å²) in [5, 5.41) is 11.9. The lowest BCUT2D eigenvalue weighted by molar-refractivity contribution is -0.127. The third-order valence-electron chi connectivity index (χ3n) is 3.61. The zero-order valence-corrected chi connectivity index (χ0v) is 11.1. The zero-order valence-electron chi connectivity index (χ0n) is 11.1. The Kier molecular flexibility index (Phi) is 4.95. The molecule has 1 amide bonds. The molecule has 0 spiro atoms. The SMILES string of the molecule is CCN(CCNC(=O)C(C)(C#N)CC)C1CC1. The van der Waals surface area contributed by atoms with Crippen LogP contribution in [0.25, 0.3) is 0 Å². The number of nitriles is 1. The minimum Gasteiger partial charge on any atom is -0.353 e. The first-order valence-electron chi connectivity index (χ1n) is 6.51. The number of rotatable bonds is 7. The summed E-state index contributed by atoms with van der Waals surface area (Å²) in [4.78, 5) is 14.2. The molecule has 1 atom stereocenters. The Hall–Kier alpha value is -1.08. The summed E-state index contributed by atoms with van der Waals surface area (Å²) in [5.74, 6) is -0.144. The maximum Gasteiger partial charge on any atom is 0.240 e. The van der Waals surface area contributed by atoms with E-state index in [1.165, 1.54) is 12.8 Å². The molecular weight excluding hydrogens is 214 g/mol. The lowest BCUT2D eigenvalue weighted by Crippen LogP contribution is -2.42. The molecule has 1 unspecified atom stereocenters. The maximum absolute atomic E-state index is 11.8.